The maximum atomic E-state index is 10.7. The molecule has 0 rings (SSSR count). The molecule has 5 heteroatoms. The Bertz CT molecular complexity index is 160. The summed E-state index contributed by atoms with van der Waals surface area (Å²) in [5.74, 6) is 0. The van der Waals surface area contributed by atoms with Crippen LogP contribution in [0.3, 0.4) is 0 Å². The standard InChI is InChI=1S/C5H14NO3P/c1-4(6)5(2,3)10(7,8)9/h4H,6H2,1-3H3,(H2,7,8,9). The number of nitrogens with two attached hydrogens (primary N) is 1. The minimum absolute atomic E-state index is 0.506. The van der Waals surface area contributed by atoms with Gasteiger partial charge in [-0.3, -0.25) is 4.57 Å². The van der Waals surface area contributed by atoms with Gasteiger partial charge in [0.2, 0.25) is 0 Å². The molecule has 0 aliphatic rings. The largest absolute Gasteiger partial charge is 0.332 e. The fourth-order valence-electron chi connectivity index (χ4n) is 0.265. The van der Waals surface area contributed by atoms with E-state index in [2.05, 4.69) is 0 Å². The smallest absolute Gasteiger partial charge is 0.327 e. The summed E-state index contributed by atoms with van der Waals surface area (Å²) in [6.45, 7) is 4.50. The van der Waals surface area contributed by atoms with Crippen molar-refractivity contribution in [2.45, 2.75) is 32.0 Å². The molecule has 0 saturated carbocycles. The topological polar surface area (TPSA) is 83.6 Å². The molecule has 0 aliphatic carbocycles. The van der Waals surface area contributed by atoms with Gasteiger partial charge in [0.05, 0.1) is 5.16 Å². The Balaban J connectivity index is 4.58. The third-order valence-corrected chi connectivity index (χ3v) is 3.77. The Kier molecular flexibility index (Phi) is 2.65. The van der Waals surface area contributed by atoms with Crippen LogP contribution in [0.1, 0.15) is 20.8 Å². The lowest BCUT2D eigenvalue weighted by atomic mass is 10.1. The van der Waals surface area contributed by atoms with E-state index in [0.717, 1.165) is 0 Å². The van der Waals surface area contributed by atoms with Gasteiger partial charge in [-0.15, -0.1) is 0 Å². The normalized spacial score (nSPS) is 17.0. The van der Waals surface area contributed by atoms with Gasteiger partial charge in [0.25, 0.3) is 0 Å². The fourth-order valence-corrected chi connectivity index (χ4v) is 0.796. The van der Waals surface area contributed by atoms with Crippen LogP contribution >= 0.6 is 7.60 Å². The molecule has 10 heavy (non-hydrogen) atoms. The zero-order chi connectivity index (χ0) is 8.58. The molecule has 0 radical (unpaired) electrons. The van der Waals surface area contributed by atoms with E-state index < -0.39 is 18.8 Å². The SMILES string of the molecule is CC(N)C(C)(C)P(=O)(O)O. The highest BCUT2D eigenvalue weighted by atomic mass is 31.2. The van der Waals surface area contributed by atoms with Crippen LogP contribution in [0.25, 0.3) is 0 Å². The van der Waals surface area contributed by atoms with Crippen molar-refractivity contribution < 1.29 is 14.4 Å². The Labute approximate surface area is 60.6 Å². The Morgan fingerprint density at radius 2 is 1.80 bits per heavy atom. The third-order valence-electron chi connectivity index (χ3n) is 1.87. The van der Waals surface area contributed by atoms with Crippen LogP contribution < -0.4 is 5.73 Å². The first kappa shape index (κ1) is 10.1. The molecule has 1 unspecified atom stereocenters. The number of hydrogen-bond acceptors (Lipinski definition) is 2. The van der Waals surface area contributed by atoms with E-state index in [4.69, 9.17) is 15.5 Å². The van der Waals surface area contributed by atoms with Gasteiger partial charge < -0.3 is 15.5 Å². The molecule has 0 heterocycles. The van der Waals surface area contributed by atoms with Gasteiger partial charge in [-0.25, -0.2) is 0 Å². The van der Waals surface area contributed by atoms with Crippen LogP contribution in [0.15, 0.2) is 0 Å². The fraction of sp³-hybridized carbons (Fsp3) is 1.00. The predicted octanol–water partition coefficient (Wildman–Crippen LogP) is 0.290. The Hall–Kier alpha value is 0.110. The zero-order valence-corrected chi connectivity index (χ0v) is 7.30. The Morgan fingerprint density at radius 1 is 1.50 bits per heavy atom. The summed E-state index contributed by atoms with van der Waals surface area (Å²) in [4.78, 5) is 17.5. The van der Waals surface area contributed by atoms with E-state index in [9.17, 15) is 4.57 Å². The lowest BCUT2D eigenvalue weighted by Gasteiger charge is -2.29. The second-order valence-electron chi connectivity index (χ2n) is 2.99. The second-order valence-corrected chi connectivity index (χ2v) is 5.23. The number of rotatable bonds is 2. The van der Waals surface area contributed by atoms with E-state index in [1.165, 1.54) is 13.8 Å². The first-order chi connectivity index (χ1) is 4.19. The van der Waals surface area contributed by atoms with Crippen molar-refractivity contribution >= 4 is 7.60 Å². The molecule has 0 aliphatic heterocycles. The van der Waals surface area contributed by atoms with Gasteiger partial charge in [0, 0.05) is 6.04 Å². The van der Waals surface area contributed by atoms with E-state index in [1.807, 2.05) is 0 Å². The van der Waals surface area contributed by atoms with Crippen molar-refractivity contribution in [2.24, 2.45) is 5.73 Å². The maximum absolute atomic E-state index is 10.7. The van der Waals surface area contributed by atoms with Gasteiger partial charge in [0.15, 0.2) is 0 Å². The van der Waals surface area contributed by atoms with Gasteiger partial charge >= 0.3 is 7.60 Å². The van der Waals surface area contributed by atoms with E-state index in [0.29, 0.717) is 0 Å². The highest BCUT2D eigenvalue weighted by molar-refractivity contribution is 7.53. The average molecular weight is 167 g/mol. The summed E-state index contributed by atoms with van der Waals surface area (Å²) in [5, 5.41) is -1.12. The quantitative estimate of drug-likeness (QED) is 0.516. The molecule has 1 atom stereocenters. The summed E-state index contributed by atoms with van der Waals surface area (Å²) < 4.78 is 10.7. The first-order valence-electron chi connectivity index (χ1n) is 3.01. The van der Waals surface area contributed by atoms with E-state index in [-0.39, 0.29) is 0 Å². The van der Waals surface area contributed by atoms with Crippen molar-refractivity contribution in [1.29, 1.82) is 0 Å². The number of hydrogen-bond donors (Lipinski definition) is 3. The summed E-state index contributed by atoms with van der Waals surface area (Å²) in [5.41, 5.74) is 5.36. The summed E-state index contributed by atoms with van der Waals surface area (Å²) >= 11 is 0. The van der Waals surface area contributed by atoms with Crippen LogP contribution in [0.2, 0.25) is 0 Å². The molecule has 4 N–H and O–H groups in total. The summed E-state index contributed by atoms with van der Waals surface area (Å²) in [7, 11) is -4.05. The lowest BCUT2D eigenvalue weighted by Crippen LogP contribution is -2.40. The molecule has 0 amide bonds. The van der Waals surface area contributed by atoms with Crippen molar-refractivity contribution in [3.63, 3.8) is 0 Å². The van der Waals surface area contributed by atoms with Crippen molar-refractivity contribution in [3.05, 3.63) is 0 Å². The maximum Gasteiger partial charge on any atom is 0.332 e. The highest BCUT2D eigenvalue weighted by Gasteiger charge is 2.40. The van der Waals surface area contributed by atoms with Crippen molar-refractivity contribution in [1.82, 2.24) is 0 Å². The van der Waals surface area contributed by atoms with Crippen molar-refractivity contribution in [3.8, 4) is 0 Å². The molecular formula is C5H14NO3P. The molecule has 0 saturated heterocycles. The highest BCUT2D eigenvalue weighted by Crippen LogP contribution is 2.51. The van der Waals surface area contributed by atoms with Gasteiger partial charge in [0.1, 0.15) is 0 Å². The minimum atomic E-state index is -4.05. The third kappa shape index (κ3) is 1.80. The molecule has 4 nitrogen and oxygen atoms in total. The van der Waals surface area contributed by atoms with Gasteiger partial charge in [-0.05, 0) is 20.8 Å². The molecule has 0 spiro atoms. The lowest BCUT2D eigenvalue weighted by molar-refractivity contribution is 0.323. The Morgan fingerprint density at radius 3 is 1.80 bits per heavy atom. The van der Waals surface area contributed by atoms with Gasteiger partial charge in [-0.1, -0.05) is 0 Å². The molecule has 62 valence electrons. The predicted molar refractivity (Wildman–Crippen MR) is 39.8 cm³/mol. The van der Waals surface area contributed by atoms with Crippen LogP contribution in [-0.4, -0.2) is 21.0 Å². The first-order valence-corrected chi connectivity index (χ1v) is 4.62. The molecular weight excluding hydrogens is 153 g/mol. The summed E-state index contributed by atoms with van der Waals surface area (Å²) in [6.07, 6.45) is 0. The average Bonchev–Trinajstić information content (AvgIpc) is 1.62. The molecule has 0 aromatic rings. The van der Waals surface area contributed by atoms with Crippen LogP contribution in [0.5, 0.6) is 0 Å². The second kappa shape index (κ2) is 2.62. The molecule has 0 bridgehead atoms. The van der Waals surface area contributed by atoms with E-state index >= 15 is 0 Å². The minimum Gasteiger partial charge on any atom is -0.327 e. The molecule has 0 fully saturated rings. The van der Waals surface area contributed by atoms with E-state index in [1.54, 1.807) is 6.92 Å². The zero-order valence-electron chi connectivity index (χ0n) is 6.40. The van der Waals surface area contributed by atoms with Crippen molar-refractivity contribution in [2.75, 3.05) is 0 Å². The van der Waals surface area contributed by atoms with Gasteiger partial charge in [-0.2, -0.15) is 0 Å². The molecule has 0 aromatic carbocycles. The van der Waals surface area contributed by atoms with Crippen LogP contribution in [0, 0.1) is 0 Å². The molecule has 0 aromatic heterocycles. The monoisotopic (exact) mass is 167 g/mol. The van der Waals surface area contributed by atoms with Crippen LogP contribution in [0.4, 0.5) is 0 Å². The summed E-state index contributed by atoms with van der Waals surface area (Å²) in [6, 6.07) is -0.506. The van der Waals surface area contributed by atoms with Crippen LogP contribution in [-0.2, 0) is 4.57 Å².